The molecule has 6 heteroatoms. The van der Waals surface area contributed by atoms with Gasteiger partial charge in [0.25, 0.3) is 0 Å². The second-order valence-electron chi connectivity index (χ2n) is 4.43. The highest BCUT2D eigenvalue weighted by Crippen LogP contribution is 2.33. The van der Waals surface area contributed by atoms with Gasteiger partial charge in [0.15, 0.2) is 0 Å². The normalized spacial score (nSPS) is 14.9. The largest absolute Gasteiger partial charge is 0.477 e. The fraction of sp³-hybridized carbons (Fsp3) is 0.333. The number of aromatic nitrogens is 2. The molecule has 94 valence electrons. The molecule has 0 atom stereocenters. The Morgan fingerprint density at radius 3 is 2.89 bits per heavy atom. The summed E-state index contributed by atoms with van der Waals surface area (Å²) in [6, 6.07) is 2.11. The van der Waals surface area contributed by atoms with E-state index in [-0.39, 0.29) is 5.69 Å². The lowest BCUT2D eigenvalue weighted by Crippen LogP contribution is -2.24. The Labute approximate surface area is 107 Å². The van der Waals surface area contributed by atoms with Crippen molar-refractivity contribution in [1.82, 2.24) is 9.13 Å². The molecule has 1 saturated carbocycles. The molecule has 0 aromatic carbocycles. The van der Waals surface area contributed by atoms with Gasteiger partial charge in [0.2, 0.25) is 0 Å². The summed E-state index contributed by atoms with van der Waals surface area (Å²) in [7, 11) is 0. The monoisotopic (exact) mass is 264 g/mol. The average Bonchev–Trinajstić information content (AvgIpc) is 2.95. The highest BCUT2D eigenvalue weighted by molar-refractivity contribution is 7.12. The zero-order chi connectivity index (χ0) is 12.7. The summed E-state index contributed by atoms with van der Waals surface area (Å²) in [5.74, 6) is -0.935. The first-order chi connectivity index (χ1) is 8.66. The molecule has 1 aliphatic rings. The third-order valence-corrected chi connectivity index (χ3v) is 4.04. The molecule has 2 heterocycles. The molecule has 2 aromatic heterocycles. The second kappa shape index (κ2) is 4.13. The topological polar surface area (TPSA) is 64.2 Å². The van der Waals surface area contributed by atoms with Crippen molar-refractivity contribution in [3.05, 3.63) is 44.8 Å². The van der Waals surface area contributed by atoms with E-state index in [1.54, 1.807) is 33.0 Å². The van der Waals surface area contributed by atoms with Crippen LogP contribution in [0.25, 0.3) is 0 Å². The van der Waals surface area contributed by atoms with Crippen LogP contribution in [0.1, 0.15) is 34.1 Å². The van der Waals surface area contributed by atoms with Gasteiger partial charge >= 0.3 is 11.7 Å². The van der Waals surface area contributed by atoms with Crippen molar-refractivity contribution < 1.29 is 9.90 Å². The molecule has 0 saturated heterocycles. The van der Waals surface area contributed by atoms with Crippen LogP contribution in [-0.4, -0.2) is 20.2 Å². The van der Waals surface area contributed by atoms with Crippen LogP contribution in [0, 0.1) is 0 Å². The molecule has 1 fully saturated rings. The summed E-state index contributed by atoms with van der Waals surface area (Å²) in [6.45, 7) is 0.323. The molecular weight excluding hydrogens is 252 g/mol. The van der Waals surface area contributed by atoms with Crippen LogP contribution in [-0.2, 0) is 6.54 Å². The zero-order valence-electron chi connectivity index (χ0n) is 9.57. The number of carboxylic acids is 1. The van der Waals surface area contributed by atoms with Crippen molar-refractivity contribution in [3.63, 3.8) is 0 Å². The van der Waals surface area contributed by atoms with Crippen molar-refractivity contribution in [3.8, 4) is 0 Å². The fourth-order valence-electron chi connectivity index (χ4n) is 2.01. The summed E-state index contributed by atoms with van der Waals surface area (Å²) >= 11 is 1.19. The summed E-state index contributed by atoms with van der Waals surface area (Å²) in [4.78, 5) is 23.3. The molecule has 1 N–H and O–H groups in total. The summed E-state index contributed by atoms with van der Waals surface area (Å²) in [6.07, 6.45) is 5.63. The fourth-order valence-corrected chi connectivity index (χ4v) is 2.76. The summed E-state index contributed by atoms with van der Waals surface area (Å²) in [5, 5.41) is 10.8. The second-order valence-corrected chi connectivity index (χ2v) is 5.34. The number of aromatic carboxylic acids is 1. The molecular formula is C12H12N2O3S. The van der Waals surface area contributed by atoms with Crippen LogP contribution in [0.5, 0.6) is 0 Å². The molecule has 3 rings (SSSR count). The van der Waals surface area contributed by atoms with E-state index in [1.165, 1.54) is 11.3 Å². The number of rotatable bonds is 4. The van der Waals surface area contributed by atoms with Gasteiger partial charge < -0.3 is 5.11 Å². The Morgan fingerprint density at radius 1 is 1.44 bits per heavy atom. The number of imidazole rings is 1. The number of hydrogen-bond acceptors (Lipinski definition) is 3. The van der Waals surface area contributed by atoms with E-state index < -0.39 is 5.97 Å². The maximum Gasteiger partial charge on any atom is 0.346 e. The van der Waals surface area contributed by atoms with E-state index in [9.17, 15) is 9.59 Å². The van der Waals surface area contributed by atoms with Gasteiger partial charge in [0.1, 0.15) is 4.88 Å². The standard InChI is InChI=1S/C12H12N2O3S/c15-11(16)10-8(3-6-18-10)7-13-4-5-14(12(13)17)9-1-2-9/h3-6,9H,1-2,7H2,(H,15,16). The van der Waals surface area contributed by atoms with Gasteiger partial charge in [-0.05, 0) is 29.9 Å². The zero-order valence-corrected chi connectivity index (χ0v) is 10.4. The highest BCUT2D eigenvalue weighted by Gasteiger charge is 2.25. The van der Waals surface area contributed by atoms with Crippen LogP contribution in [0.15, 0.2) is 28.6 Å². The van der Waals surface area contributed by atoms with Crippen molar-refractivity contribution in [1.29, 1.82) is 0 Å². The van der Waals surface area contributed by atoms with Crippen molar-refractivity contribution in [2.45, 2.75) is 25.4 Å². The minimum absolute atomic E-state index is 0.0555. The van der Waals surface area contributed by atoms with Crippen molar-refractivity contribution >= 4 is 17.3 Å². The Hall–Kier alpha value is -1.82. The Kier molecular flexibility index (Phi) is 2.59. The Morgan fingerprint density at radius 2 is 2.22 bits per heavy atom. The molecule has 2 aromatic rings. The van der Waals surface area contributed by atoms with Crippen LogP contribution in [0.2, 0.25) is 0 Å². The van der Waals surface area contributed by atoms with Crippen LogP contribution in [0.4, 0.5) is 0 Å². The smallest absolute Gasteiger partial charge is 0.346 e. The maximum atomic E-state index is 12.0. The van der Waals surface area contributed by atoms with Crippen LogP contribution >= 0.6 is 11.3 Å². The molecule has 5 nitrogen and oxygen atoms in total. The molecule has 0 unspecified atom stereocenters. The van der Waals surface area contributed by atoms with Gasteiger partial charge in [-0.15, -0.1) is 11.3 Å². The minimum Gasteiger partial charge on any atom is -0.477 e. The van der Waals surface area contributed by atoms with Crippen LogP contribution < -0.4 is 5.69 Å². The van der Waals surface area contributed by atoms with E-state index in [4.69, 9.17) is 5.11 Å². The van der Waals surface area contributed by atoms with Gasteiger partial charge in [-0.2, -0.15) is 0 Å². The van der Waals surface area contributed by atoms with E-state index in [2.05, 4.69) is 0 Å². The first-order valence-corrected chi connectivity index (χ1v) is 6.61. The lowest BCUT2D eigenvalue weighted by molar-refractivity contribution is 0.0701. The SMILES string of the molecule is O=C(O)c1sccc1Cn1ccn(C2CC2)c1=O. The van der Waals surface area contributed by atoms with Crippen LogP contribution in [0.3, 0.4) is 0 Å². The molecule has 18 heavy (non-hydrogen) atoms. The maximum absolute atomic E-state index is 12.0. The number of hydrogen-bond donors (Lipinski definition) is 1. The molecule has 1 aliphatic carbocycles. The number of nitrogens with zero attached hydrogens (tertiary/aromatic N) is 2. The summed E-state index contributed by atoms with van der Waals surface area (Å²) in [5.41, 5.74) is 0.628. The van der Waals surface area contributed by atoms with Gasteiger partial charge in [0, 0.05) is 18.4 Å². The predicted octanol–water partition coefficient (Wildman–Crippen LogP) is 1.79. The minimum atomic E-state index is -0.935. The lowest BCUT2D eigenvalue weighted by atomic mass is 10.2. The first-order valence-electron chi connectivity index (χ1n) is 5.74. The lowest BCUT2D eigenvalue weighted by Gasteiger charge is -2.01. The number of thiophene rings is 1. The number of carboxylic acid groups (broad SMARTS) is 1. The molecule has 0 amide bonds. The predicted molar refractivity (Wildman–Crippen MR) is 67.3 cm³/mol. The van der Waals surface area contributed by atoms with E-state index in [0.29, 0.717) is 23.0 Å². The van der Waals surface area contributed by atoms with E-state index >= 15 is 0 Å². The highest BCUT2D eigenvalue weighted by atomic mass is 32.1. The first kappa shape index (κ1) is 11.3. The molecule has 0 aliphatic heterocycles. The third kappa shape index (κ3) is 1.88. The Bertz CT molecular complexity index is 648. The number of carbonyl (C=O) groups is 1. The van der Waals surface area contributed by atoms with Gasteiger partial charge in [-0.25, -0.2) is 9.59 Å². The Balaban J connectivity index is 1.90. The molecule has 0 bridgehead atoms. The van der Waals surface area contributed by atoms with Gasteiger partial charge in [-0.3, -0.25) is 9.13 Å². The molecule has 0 radical (unpaired) electrons. The molecule has 0 spiro atoms. The van der Waals surface area contributed by atoms with Gasteiger partial charge in [0.05, 0.1) is 6.54 Å². The van der Waals surface area contributed by atoms with E-state index in [1.807, 2.05) is 0 Å². The third-order valence-electron chi connectivity index (χ3n) is 3.10. The van der Waals surface area contributed by atoms with Gasteiger partial charge in [-0.1, -0.05) is 0 Å². The van der Waals surface area contributed by atoms with E-state index in [0.717, 1.165) is 12.8 Å². The quantitative estimate of drug-likeness (QED) is 0.915. The average molecular weight is 264 g/mol. The summed E-state index contributed by atoms with van der Waals surface area (Å²) < 4.78 is 3.29. The van der Waals surface area contributed by atoms with Crippen molar-refractivity contribution in [2.75, 3.05) is 0 Å². The van der Waals surface area contributed by atoms with Crippen molar-refractivity contribution in [2.24, 2.45) is 0 Å².